The van der Waals surface area contributed by atoms with E-state index in [-0.39, 0.29) is 0 Å². The summed E-state index contributed by atoms with van der Waals surface area (Å²) in [6.07, 6.45) is 0. The van der Waals surface area contributed by atoms with E-state index in [4.69, 9.17) is 9.47 Å². The molecule has 0 unspecified atom stereocenters. The molecule has 2 heterocycles. The zero-order valence-electron chi connectivity index (χ0n) is 17.2. The lowest BCUT2D eigenvalue weighted by atomic mass is 10.1. The summed E-state index contributed by atoms with van der Waals surface area (Å²) < 4.78 is 13.3. The SMILES string of the molecule is CCOc1cc2scnc2c2ccccc12.COc1ccc2ccc3ncsc3c2c1. The van der Waals surface area contributed by atoms with Crippen LogP contribution < -0.4 is 9.47 Å². The average Bonchev–Trinajstić information content (AvgIpc) is 3.49. The van der Waals surface area contributed by atoms with Crippen LogP contribution in [0, 0.1) is 0 Å². The van der Waals surface area contributed by atoms with Crippen LogP contribution in [0.4, 0.5) is 0 Å². The molecule has 0 saturated carbocycles. The fourth-order valence-corrected chi connectivity index (χ4v) is 5.22. The predicted molar refractivity (Wildman–Crippen MR) is 132 cm³/mol. The van der Waals surface area contributed by atoms with E-state index < -0.39 is 0 Å². The highest BCUT2D eigenvalue weighted by Gasteiger charge is 2.08. The molecule has 0 spiro atoms. The van der Waals surface area contributed by atoms with Crippen LogP contribution in [-0.2, 0) is 0 Å². The Hall–Kier alpha value is -3.22. The van der Waals surface area contributed by atoms with E-state index in [2.05, 4.69) is 52.4 Å². The van der Waals surface area contributed by atoms with Gasteiger partial charge in [-0.05, 0) is 30.5 Å². The third kappa shape index (κ3) is 3.69. The van der Waals surface area contributed by atoms with Crippen LogP contribution in [0.1, 0.15) is 6.92 Å². The van der Waals surface area contributed by atoms with Gasteiger partial charge in [0.25, 0.3) is 0 Å². The van der Waals surface area contributed by atoms with E-state index >= 15 is 0 Å². The van der Waals surface area contributed by atoms with Crippen LogP contribution in [-0.4, -0.2) is 23.7 Å². The van der Waals surface area contributed by atoms with Crippen molar-refractivity contribution in [2.45, 2.75) is 6.92 Å². The predicted octanol–water partition coefficient (Wildman–Crippen LogP) is 7.31. The summed E-state index contributed by atoms with van der Waals surface area (Å²) >= 11 is 3.32. The lowest BCUT2D eigenvalue weighted by Crippen LogP contribution is -1.92. The third-order valence-electron chi connectivity index (χ3n) is 5.13. The standard InChI is InChI=1S/C13H11NOS.C12H9NOS/c1-2-15-11-7-12-13(14-8-16-12)10-6-4-3-5-9(10)11;1-14-9-4-2-8-3-5-11-12(10(8)6-9)15-7-13-11/h3-8H,2H2,1H3;2-7H,1H3. The molecule has 154 valence electrons. The van der Waals surface area contributed by atoms with E-state index in [9.17, 15) is 0 Å². The molecule has 0 aliphatic heterocycles. The van der Waals surface area contributed by atoms with Crippen LogP contribution >= 0.6 is 22.7 Å². The average molecular weight is 445 g/mol. The Kier molecular flexibility index (Phi) is 5.40. The van der Waals surface area contributed by atoms with E-state index in [0.717, 1.165) is 27.9 Å². The Morgan fingerprint density at radius 1 is 0.839 bits per heavy atom. The molecule has 0 saturated heterocycles. The van der Waals surface area contributed by atoms with Crippen LogP contribution in [0.3, 0.4) is 0 Å². The van der Waals surface area contributed by atoms with E-state index in [1.165, 1.54) is 25.6 Å². The maximum atomic E-state index is 5.68. The molecule has 0 aliphatic carbocycles. The van der Waals surface area contributed by atoms with Gasteiger partial charge in [-0.3, -0.25) is 0 Å². The number of thiazole rings is 2. The van der Waals surface area contributed by atoms with Gasteiger partial charge in [-0.2, -0.15) is 0 Å². The Bertz CT molecular complexity index is 1500. The summed E-state index contributed by atoms with van der Waals surface area (Å²) in [5, 5.41) is 4.76. The molecule has 6 heteroatoms. The summed E-state index contributed by atoms with van der Waals surface area (Å²) in [5.74, 6) is 1.85. The number of methoxy groups -OCH3 is 1. The molecular formula is C25H20N2O2S2. The highest BCUT2D eigenvalue weighted by atomic mass is 32.1. The second kappa shape index (κ2) is 8.49. The van der Waals surface area contributed by atoms with Gasteiger partial charge in [0.15, 0.2) is 0 Å². The minimum atomic E-state index is 0.689. The fourth-order valence-electron chi connectivity index (χ4n) is 3.68. The minimum absolute atomic E-state index is 0.689. The summed E-state index contributed by atoms with van der Waals surface area (Å²) in [6.45, 7) is 2.69. The highest BCUT2D eigenvalue weighted by molar-refractivity contribution is 7.17. The van der Waals surface area contributed by atoms with Crippen LogP contribution in [0.15, 0.2) is 71.7 Å². The van der Waals surface area contributed by atoms with Gasteiger partial charge >= 0.3 is 0 Å². The van der Waals surface area contributed by atoms with Crippen molar-refractivity contribution in [3.63, 3.8) is 0 Å². The molecule has 31 heavy (non-hydrogen) atoms. The molecule has 0 amide bonds. The molecule has 4 aromatic carbocycles. The molecule has 2 aromatic heterocycles. The van der Waals surface area contributed by atoms with E-state index in [0.29, 0.717) is 6.61 Å². The van der Waals surface area contributed by atoms with Crippen molar-refractivity contribution in [3.8, 4) is 11.5 Å². The first-order valence-corrected chi connectivity index (χ1v) is 11.7. The molecule has 0 N–H and O–H groups in total. The van der Waals surface area contributed by atoms with Gasteiger partial charge in [-0.15, -0.1) is 22.7 Å². The first kappa shape index (κ1) is 19.7. The summed E-state index contributed by atoms with van der Waals surface area (Å²) in [6, 6.07) is 20.6. The Balaban J connectivity index is 0.000000132. The summed E-state index contributed by atoms with van der Waals surface area (Å²) in [5.41, 5.74) is 5.89. The minimum Gasteiger partial charge on any atom is -0.497 e. The zero-order valence-corrected chi connectivity index (χ0v) is 18.8. The molecule has 0 fully saturated rings. The van der Waals surface area contributed by atoms with Crippen molar-refractivity contribution in [1.29, 1.82) is 0 Å². The van der Waals surface area contributed by atoms with Crippen LogP contribution in [0.5, 0.6) is 11.5 Å². The Morgan fingerprint density at radius 3 is 2.48 bits per heavy atom. The number of ether oxygens (including phenoxy) is 2. The maximum Gasteiger partial charge on any atom is 0.128 e. The van der Waals surface area contributed by atoms with Gasteiger partial charge in [0, 0.05) is 22.2 Å². The number of aromatic nitrogens is 2. The van der Waals surface area contributed by atoms with Crippen molar-refractivity contribution < 1.29 is 9.47 Å². The van der Waals surface area contributed by atoms with Crippen molar-refractivity contribution in [1.82, 2.24) is 9.97 Å². The molecule has 0 atom stereocenters. The van der Waals surface area contributed by atoms with Gasteiger partial charge < -0.3 is 9.47 Å². The van der Waals surface area contributed by atoms with Gasteiger partial charge in [0.1, 0.15) is 11.5 Å². The summed E-state index contributed by atoms with van der Waals surface area (Å²) in [7, 11) is 1.69. The highest BCUT2D eigenvalue weighted by Crippen LogP contribution is 2.34. The third-order valence-corrected chi connectivity index (χ3v) is 6.78. The molecule has 0 aliphatic rings. The molecule has 0 radical (unpaired) electrons. The number of hydrogen-bond acceptors (Lipinski definition) is 6. The monoisotopic (exact) mass is 444 g/mol. The molecule has 4 nitrogen and oxygen atoms in total. The number of fused-ring (bicyclic) bond motifs is 6. The van der Waals surface area contributed by atoms with Gasteiger partial charge in [-0.1, -0.05) is 36.4 Å². The van der Waals surface area contributed by atoms with Gasteiger partial charge in [0.05, 0.1) is 45.2 Å². The second-order valence-corrected chi connectivity index (χ2v) is 8.65. The lowest BCUT2D eigenvalue weighted by molar-refractivity contribution is 0.345. The quantitative estimate of drug-likeness (QED) is 0.287. The fraction of sp³-hybridized carbons (Fsp3) is 0.120. The van der Waals surface area contributed by atoms with E-state index in [1.807, 2.05) is 36.1 Å². The summed E-state index contributed by atoms with van der Waals surface area (Å²) in [4.78, 5) is 8.71. The molecule has 6 rings (SSSR count). The first-order chi connectivity index (χ1) is 15.3. The largest absolute Gasteiger partial charge is 0.497 e. The van der Waals surface area contributed by atoms with Crippen molar-refractivity contribution in [2.75, 3.05) is 13.7 Å². The smallest absolute Gasteiger partial charge is 0.128 e. The lowest BCUT2D eigenvalue weighted by Gasteiger charge is -2.07. The van der Waals surface area contributed by atoms with Crippen LogP contribution in [0.2, 0.25) is 0 Å². The topological polar surface area (TPSA) is 44.2 Å². The number of benzene rings is 4. The normalized spacial score (nSPS) is 11.0. The number of hydrogen-bond donors (Lipinski definition) is 0. The second-order valence-electron chi connectivity index (χ2n) is 6.91. The van der Waals surface area contributed by atoms with Crippen molar-refractivity contribution in [3.05, 3.63) is 71.7 Å². The Labute approximate surface area is 187 Å². The Morgan fingerprint density at radius 2 is 1.65 bits per heavy atom. The van der Waals surface area contributed by atoms with E-state index in [1.54, 1.807) is 29.8 Å². The molecular weight excluding hydrogens is 424 g/mol. The van der Waals surface area contributed by atoms with Crippen LogP contribution in [0.25, 0.3) is 42.0 Å². The van der Waals surface area contributed by atoms with Crippen molar-refractivity contribution in [2.24, 2.45) is 0 Å². The molecule has 6 aromatic rings. The number of nitrogens with zero attached hydrogens (tertiary/aromatic N) is 2. The van der Waals surface area contributed by atoms with Gasteiger partial charge in [-0.25, -0.2) is 9.97 Å². The first-order valence-electron chi connectivity index (χ1n) is 9.96. The number of rotatable bonds is 3. The van der Waals surface area contributed by atoms with Gasteiger partial charge in [0.2, 0.25) is 0 Å². The zero-order chi connectivity index (χ0) is 21.2. The molecule has 0 bridgehead atoms. The van der Waals surface area contributed by atoms with Crippen molar-refractivity contribution >= 4 is 64.7 Å². The maximum absolute atomic E-state index is 5.68.